The van der Waals surface area contributed by atoms with Gasteiger partial charge in [-0.15, -0.1) is 0 Å². The predicted molar refractivity (Wildman–Crippen MR) is 146 cm³/mol. The van der Waals surface area contributed by atoms with Gasteiger partial charge in [0.05, 0.1) is 19.3 Å². The summed E-state index contributed by atoms with van der Waals surface area (Å²) < 4.78 is 10.3. The molecule has 0 aromatic heterocycles. The lowest BCUT2D eigenvalue weighted by Crippen LogP contribution is -2.63. The minimum absolute atomic E-state index is 0.0234. The molecule has 0 aromatic carbocycles. The monoisotopic (exact) mass is 543 g/mol. The van der Waals surface area contributed by atoms with E-state index in [1.165, 1.54) is 19.3 Å². The van der Waals surface area contributed by atoms with Gasteiger partial charge in [0.15, 0.2) is 0 Å². The van der Waals surface area contributed by atoms with Crippen LogP contribution in [0.4, 0.5) is 9.59 Å². The van der Waals surface area contributed by atoms with Crippen LogP contribution in [0.25, 0.3) is 0 Å². The largest absolute Gasteiger partial charge is 0.508 e. The highest BCUT2D eigenvalue weighted by atomic mass is 16.7. The summed E-state index contributed by atoms with van der Waals surface area (Å²) in [6.07, 6.45) is 6.67. The van der Waals surface area contributed by atoms with Crippen molar-refractivity contribution in [3.8, 4) is 0 Å². The number of piperidine rings is 1. The predicted octanol–water partition coefficient (Wildman–Crippen LogP) is 3.41. The van der Waals surface area contributed by atoms with Crippen molar-refractivity contribution in [2.75, 3.05) is 32.8 Å². The fourth-order valence-electron chi connectivity index (χ4n) is 5.37. The Hall–Kier alpha value is -1.62. The zero-order valence-electron chi connectivity index (χ0n) is 24.1. The van der Waals surface area contributed by atoms with Gasteiger partial charge in [0.1, 0.15) is 18.3 Å². The molecule has 0 radical (unpaired) electrons. The van der Waals surface area contributed by atoms with Crippen LogP contribution < -0.4 is 5.32 Å². The summed E-state index contributed by atoms with van der Waals surface area (Å²) in [6, 6.07) is -0.289. The number of carbonyl (C=O) groups excluding carboxylic acids is 2. The maximum atomic E-state index is 13.0. The first-order valence-corrected chi connectivity index (χ1v) is 14.7. The molecule has 2 aliphatic rings. The highest BCUT2D eigenvalue weighted by Gasteiger charge is 2.43. The molecular formula is C28H53N3O7. The summed E-state index contributed by atoms with van der Waals surface area (Å²) in [4.78, 5) is 28.9. The fourth-order valence-corrected chi connectivity index (χ4v) is 5.37. The first-order chi connectivity index (χ1) is 18.1. The van der Waals surface area contributed by atoms with Gasteiger partial charge in [-0.05, 0) is 59.4 Å². The molecular weight excluding hydrogens is 490 g/mol. The van der Waals surface area contributed by atoms with Crippen molar-refractivity contribution in [3.63, 3.8) is 0 Å². The van der Waals surface area contributed by atoms with Gasteiger partial charge in [0, 0.05) is 24.7 Å². The van der Waals surface area contributed by atoms with Crippen molar-refractivity contribution in [1.82, 2.24) is 15.1 Å². The topological polar surface area (TPSA) is 132 Å². The van der Waals surface area contributed by atoms with Crippen molar-refractivity contribution in [3.05, 3.63) is 0 Å². The second kappa shape index (κ2) is 16.5. The normalized spacial score (nSPS) is 25.1. The first-order valence-electron chi connectivity index (χ1n) is 14.7. The van der Waals surface area contributed by atoms with Crippen molar-refractivity contribution in [2.45, 2.75) is 134 Å². The molecule has 4 atom stereocenters. The summed E-state index contributed by atoms with van der Waals surface area (Å²) in [7, 11) is 0. The molecule has 1 heterocycles. The van der Waals surface area contributed by atoms with Crippen LogP contribution in [-0.4, -0.2) is 106 Å². The maximum absolute atomic E-state index is 13.0. The van der Waals surface area contributed by atoms with E-state index in [-0.39, 0.29) is 31.3 Å². The fraction of sp³-hybridized carbons (Fsp3) is 0.929. The summed E-state index contributed by atoms with van der Waals surface area (Å²) in [6.45, 7) is 9.49. The summed E-state index contributed by atoms with van der Waals surface area (Å²) in [5.41, 5.74) is -0.270. The second-order valence-corrected chi connectivity index (χ2v) is 11.9. The number of rotatable bonds is 13. The molecule has 1 aliphatic carbocycles. The lowest BCUT2D eigenvalue weighted by Gasteiger charge is -2.44. The van der Waals surface area contributed by atoms with E-state index in [4.69, 9.17) is 9.47 Å². The molecule has 2 fully saturated rings. The number of unbranched alkanes of at least 4 members (excludes halogenated alkanes) is 4. The number of hydrogen-bond acceptors (Lipinski definition) is 8. The number of amides is 2. The molecule has 1 aliphatic heterocycles. The smallest absolute Gasteiger partial charge is 0.434 e. The molecule has 2 rings (SSSR count). The zero-order chi connectivity index (χ0) is 28.1. The number of nitrogens with one attached hydrogen (secondary N) is 1. The van der Waals surface area contributed by atoms with Crippen LogP contribution in [0.3, 0.4) is 0 Å². The van der Waals surface area contributed by atoms with Crippen LogP contribution >= 0.6 is 0 Å². The number of aliphatic hydroxyl groups excluding tert-OH is 3. The molecule has 10 nitrogen and oxygen atoms in total. The van der Waals surface area contributed by atoms with E-state index in [0.717, 1.165) is 57.9 Å². The Kier molecular flexibility index (Phi) is 14.1. The highest BCUT2D eigenvalue weighted by molar-refractivity contribution is 5.75. The number of nitrogens with zero attached hydrogens (tertiary/aromatic N) is 2. The Bertz CT molecular complexity index is 696. The van der Waals surface area contributed by atoms with Gasteiger partial charge in [-0.2, -0.15) is 0 Å². The number of hydrogen-bond donors (Lipinski definition) is 4. The van der Waals surface area contributed by atoms with E-state index >= 15 is 0 Å². The summed E-state index contributed by atoms with van der Waals surface area (Å²) in [5.74, 6) is 0. The molecule has 10 heteroatoms. The van der Waals surface area contributed by atoms with Crippen molar-refractivity contribution in [1.29, 1.82) is 0 Å². The van der Waals surface area contributed by atoms with Crippen LogP contribution in [0.15, 0.2) is 0 Å². The number of carbonyl (C=O) groups is 2. The molecule has 4 unspecified atom stereocenters. The molecule has 222 valence electrons. The maximum Gasteiger partial charge on any atom is 0.508 e. The molecule has 0 bridgehead atoms. The Morgan fingerprint density at radius 1 is 1.00 bits per heavy atom. The minimum atomic E-state index is -1.29. The van der Waals surface area contributed by atoms with Gasteiger partial charge in [-0.3, -0.25) is 4.90 Å². The highest BCUT2D eigenvalue weighted by Crippen LogP contribution is 2.25. The van der Waals surface area contributed by atoms with E-state index in [1.807, 2.05) is 37.5 Å². The molecule has 4 N–H and O–H groups in total. The molecule has 38 heavy (non-hydrogen) atoms. The minimum Gasteiger partial charge on any atom is -0.434 e. The van der Waals surface area contributed by atoms with Gasteiger partial charge in [0.2, 0.25) is 0 Å². The van der Waals surface area contributed by atoms with Crippen LogP contribution in [-0.2, 0) is 9.47 Å². The van der Waals surface area contributed by atoms with Gasteiger partial charge < -0.3 is 35.0 Å². The third-order valence-corrected chi connectivity index (χ3v) is 7.51. The molecule has 1 saturated heterocycles. The van der Waals surface area contributed by atoms with Crippen molar-refractivity contribution >= 4 is 12.2 Å². The Balaban J connectivity index is 1.81. The third-order valence-electron chi connectivity index (χ3n) is 7.51. The molecule has 1 saturated carbocycles. The van der Waals surface area contributed by atoms with Gasteiger partial charge >= 0.3 is 12.2 Å². The zero-order valence-corrected chi connectivity index (χ0v) is 24.1. The van der Waals surface area contributed by atoms with E-state index in [1.54, 1.807) is 0 Å². The third kappa shape index (κ3) is 10.9. The first kappa shape index (κ1) is 32.6. The van der Waals surface area contributed by atoms with E-state index in [2.05, 4.69) is 5.32 Å². The lowest BCUT2D eigenvalue weighted by molar-refractivity contribution is -0.152. The number of urea groups is 1. The second-order valence-electron chi connectivity index (χ2n) is 11.9. The molecule has 2 amide bonds. The Morgan fingerprint density at radius 3 is 2.32 bits per heavy atom. The number of ether oxygens (including phenoxy) is 2. The average molecular weight is 544 g/mol. The number of likely N-dealkylation sites (tertiary alicyclic amines) is 1. The lowest BCUT2D eigenvalue weighted by atomic mass is 9.93. The Labute approximate surface area is 229 Å². The molecule has 0 spiro atoms. The summed E-state index contributed by atoms with van der Waals surface area (Å²) in [5, 5.41) is 33.9. The van der Waals surface area contributed by atoms with Gasteiger partial charge in [-0.25, -0.2) is 9.59 Å². The van der Waals surface area contributed by atoms with Crippen LogP contribution in [0.1, 0.15) is 98.3 Å². The van der Waals surface area contributed by atoms with Crippen LogP contribution in [0.5, 0.6) is 0 Å². The van der Waals surface area contributed by atoms with E-state index in [0.29, 0.717) is 12.6 Å². The van der Waals surface area contributed by atoms with Gasteiger partial charge in [0.25, 0.3) is 0 Å². The quantitative estimate of drug-likeness (QED) is 0.205. The van der Waals surface area contributed by atoms with Crippen molar-refractivity contribution < 1.29 is 34.4 Å². The Morgan fingerprint density at radius 2 is 1.68 bits per heavy atom. The standard InChI is InChI=1S/C28H53N3O7/c1-5-6-18-37-27(36)38-23-19-30(22(20-32)24(33)25(23)34)16-12-7-8-13-17-31(21-14-10-9-11-15-21)26(35)29-28(2,3)4/h21-25,32-34H,5-20H2,1-4H3,(H,29,35). The number of aliphatic hydroxyl groups is 3. The van der Waals surface area contributed by atoms with Crippen molar-refractivity contribution in [2.24, 2.45) is 0 Å². The summed E-state index contributed by atoms with van der Waals surface area (Å²) >= 11 is 0. The van der Waals surface area contributed by atoms with E-state index < -0.39 is 30.5 Å². The van der Waals surface area contributed by atoms with Crippen LogP contribution in [0, 0.1) is 0 Å². The van der Waals surface area contributed by atoms with E-state index in [9.17, 15) is 24.9 Å². The van der Waals surface area contributed by atoms with Gasteiger partial charge in [-0.1, -0.05) is 45.4 Å². The van der Waals surface area contributed by atoms with Crippen LogP contribution in [0.2, 0.25) is 0 Å². The SMILES string of the molecule is CCCCOC(=O)OC1CN(CCCCCCN(C(=O)NC(C)(C)C)C2CCCCC2)C(CO)C(O)C1O. The average Bonchev–Trinajstić information content (AvgIpc) is 2.86. The molecule has 0 aromatic rings.